The highest BCUT2D eigenvalue weighted by Gasteiger charge is 2.20. The molecule has 3 aromatic heterocycles. The van der Waals surface area contributed by atoms with Gasteiger partial charge in [-0.05, 0) is 23.8 Å². The molecule has 0 aliphatic carbocycles. The van der Waals surface area contributed by atoms with Gasteiger partial charge in [-0.2, -0.15) is 12.6 Å². The Morgan fingerprint density at radius 3 is 2.66 bits per heavy atom. The van der Waals surface area contributed by atoms with E-state index in [1.54, 1.807) is 36.9 Å². The molecular weight excluding hydrogens is 572 g/mol. The van der Waals surface area contributed by atoms with E-state index in [9.17, 15) is 19.2 Å². The van der Waals surface area contributed by atoms with Crippen LogP contribution in [0.5, 0.6) is 0 Å². The molecule has 6 N–H and O–H groups in total. The van der Waals surface area contributed by atoms with Crippen molar-refractivity contribution in [3.05, 3.63) is 76.7 Å². The number of hydrogen-bond acceptors (Lipinski definition) is 8. The van der Waals surface area contributed by atoms with Gasteiger partial charge in [-0.1, -0.05) is 22.8 Å². The van der Waals surface area contributed by atoms with Gasteiger partial charge in [0.1, 0.15) is 17.4 Å². The highest BCUT2D eigenvalue weighted by Crippen LogP contribution is 2.29. The Morgan fingerprint density at radius 2 is 1.95 bits per heavy atom. The number of H-pyrrole nitrogens is 2. The van der Waals surface area contributed by atoms with Crippen LogP contribution in [0.3, 0.4) is 0 Å². The number of carbonyl (C=O) groups excluding carboxylic acids is 4. The summed E-state index contributed by atoms with van der Waals surface area (Å²) in [6.45, 7) is 1.81. The Morgan fingerprint density at radius 1 is 1.12 bits per heavy atom. The second kappa shape index (κ2) is 13.7. The van der Waals surface area contributed by atoms with E-state index in [4.69, 9.17) is 16.1 Å². The molecule has 13 nitrogen and oxygen atoms in total. The Bertz CT molecular complexity index is 1530. The second-order valence-electron chi connectivity index (χ2n) is 8.85. The molecule has 3 heterocycles. The molecule has 15 heteroatoms. The van der Waals surface area contributed by atoms with Gasteiger partial charge in [-0.25, -0.2) is 4.98 Å². The molecule has 0 aliphatic heterocycles. The number of amides is 4. The van der Waals surface area contributed by atoms with Crippen LogP contribution in [0.1, 0.15) is 39.0 Å². The molecule has 41 heavy (non-hydrogen) atoms. The predicted octanol–water partition coefficient (Wildman–Crippen LogP) is 2.32. The molecule has 0 saturated carbocycles. The van der Waals surface area contributed by atoms with E-state index < -0.39 is 17.9 Å². The van der Waals surface area contributed by atoms with Gasteiger partial charge in [0.2, 0.25) is 11.8 Å². The third-order valence-corrected chi connectivity index (χ3v) is 6.59. The number of anilines is 1. The number of nitrogens with zero attached hydrogens (tertiary/aromatic N) is 2. The molecule has 1 unspecified atom stereocenters. The Balaban J connectivity index is 1.35. The molecule has 0 fully saturated rings. The highest BCUT2D eigenvalue weighted by molar-refractivity contribution is 7.80. The molecule has 214 valence electrons. The second-order valence-corrected chi connectivity index (χ2v) is 9.62. The number of imidazole rings is 1. The van der Waals surface area contributed by atoms with Crippen LogP contribution in [0.2, 0.25) is 5.02 Å². The van der Waals surface area contributed by atoms with Crippen molar-refractivity contribution in [3.8, 4) is 11.3 Å². The summed E-state index contributed by atoms with van der Waals surface area (Å²) in [6, 6.07) is 5.45. The lowest BCUT2D eigenvalue weighted by molar-refractivity contribution is -0.127. The van der Waals surface area contributed by atoms with Crippen molar-refractivity contribution in [2.75, 3.05) is 17.6 Å². The normalized spacial score (nSPS) is 11.5. The van der Waals surface area contributed by atoms with E-state index in [0.717, 1.165) is 5.69 Å². The zero-order valence-corrected chi connectivity index (χ0v) is 23.4. The fourth-order valence-electron chi connectivity index (χ4n) is 3.79. The molecule has 0 saturated heterocycles. The monoisotopic (exact) mass is 598 g/mol. The quantitative estimate of drug-likeness (QED) is 0.122. The third-order valence-electron chi connectivity index (χ3n) is 5.87. The van der Waals surface area contributed by atoms with Crippen LogP contribution in [0, 0.1) is 0 Å². The van der Waals surface area contributed by atoms with E-state index in [-0.39, 0.29) is 40.5 Å². The number of benzene rings is 1. The van der Waals surface area contributed by atoms with E-state index in [1.165, 1.54) is 19.2 Å². The van der Waals surface area contributed by atoms with Crippen LogP contribution in [0.15, 0.2) is 53.7 Å². The van der Waals surface area contributed by atoms with E-state index >= 15 is 0 Å². The minimum atomic E-state index is -0.782. The zero-order chi connectivity index (χ0) is 29.4. The molecule has 4 amide bonds. The topological polar surface area (TPSA) is 187 Å². The van der Waals surface area contributed by atoms with Gasteiger partial charge in [0.15, 0.2) is 5.76 Å². The van der Waals surface area contributed by atoms with Crippen molar-refractivity contribution >= 4 is 53.5 Å². The largest absolute Gasteiger partial charge is 0.356 e. The van der Waals surface area contributed by atoms with Crippen molar-refractivity contribution in [2.45, 2.75) is 25.9 Å². The van der Waals surface area contributed by atoms with Gasteiger partial charge in [0, 0.05) is 60.7 Å². The number of aromatic amines is 2. The third kappa shape index (κ3) is 7.77. The lowest BCUT2D eigenvalue weighted by atomic mass is 10.1. The Labute approximate surface area is 244 Å². The fraction of sp³-hybridized carbons (Fsp3) is 0.231. The minimum Gasteiger partial charge on any atom is -0.356 e. The molecule has 1 aromatic carbocycles. The van der Waals surface area contributed by atoms with Gasteiger partial charge in [0.05, 0.1) is 18.2 Å². The zero-order valence-electron chi connectivity index (χ0n) is 21.8. The van der Waals surface area contributed by atoms with Gasteiger partial charge in [-0.15, -0.1) is 0 Å². The molecular formula is C26H27ClN8O5S. The summed E-state index contributed by atoms with van der Waals surface area (Å²) in [6.07, 6.45) is 6.84. The van der Waals surface area contributed by atoms with Crippen LogP contribution in [-0.2, 0) is 22.6 Å². The van der Waals surface area contributed by atoms with Crippen molar-refractivity contribution < 1.29 is 23.7 Å². The average Bonchev–Trinajstić information content (AvgIpc) is 3.73. The van der Waals surface area contributed by atoms with E-state index in [2.05, 4.69) is 54.0 Å². The van der Waals surface area contributed by atoms with Gasteiger partial charge >= 0.3 is 0 Å². The maximum atomic E-state index is 12.9. The summed E-state index contributed by atoms with van der Waals surface area (Å²) in [4.78, 5) is 58.9. The van der Waals surface area contributed by atoms with Crippen LogP contribution in [0.4, 0.5) is 5.69 Å². The van der Waals surface area contributed by atoms with Crippen molar-refractivity contribution in [2.24, 2.45) is 0 Å². The number of rotatable bonds is 12. The Hall–Kier alpha value is -4.56. The number of hydrogen-bond donors (Lipinski definition) is 7. The number of halogens is 1. The van der Waals surface area contributed by atoms with Gasteiger partial charge in [0.25, 0.3) is 11.8 Å². The van der Waals surface area contributed by atoms with Crippen LogP contribution in [-0.4, -0.2) is 62.1 Å². The molecule has 0 bridgehead atoms. The van der Waals surface area contributed by atoms with Crippen molar-refractivity contribution in [1.82, 2.24) is 36.1 Å². The first-order chi connectivity index (χ1) is 19.7. The first kappa shape index (κ1) is 29.4. The summed E-state index contributed by atoms with van der Waals surface area (Å²) in [5.74, 6) is -1.14. The molecule has 1 atom stereocenters. The van der Waals surface area contributed by atoms with Crippen LogP contribution < -0.4 is 21.3 Å². The number of aromatic nitrogens is 4. The van der Waals surface area contributed by atoms with Crippen molar-refractivity contribution in [3.63, 3.8) is 0 Å². The van der Waals surface area contributed by atoms with Gasteiger partial charge < -0.3 is 35.8 Å². The summed E-state index contributed by atoms with van der Waals surface area (Å²) < 4.78 is 5.33. The minimum absolute atomic E-state index is 0.0889. The summed E-state index contributed by atoms with van der Waals surface area (Å²) >= 11 is 10.5. The number of thiol groups is 1. The molecule has 0 aliphatic rings. The standard InChI is InChI=1S/C26H27ClN8O5S/c1-14(36)34-22(12-41)26(39)31-8-16-3-2-15(6-19(16)27)24(37)35-21-11-33-40-23(21)17-7-20(30-9-17)25(38)29-5-4-18-10-28-13-32-18/h2-3,6-7,9-11,13,22,30,41H,4-5,8,12H2,1H3,(H,28,32)(H,29,38)(H,31,39)(H,34,36)(H,35,37). The first-order valence-electron chi connectivity index (χ1n) is 12.4. The summed E-state index contributed by atoms with van der Waals surface area (Å²) in [5, 5.41) is 14.8. The lowest BCUT2D eigenvalue weighted by Gasteiger charge is -2.16. The number of nitrogens with one attached hydrogen (secondary N) is 6. The highest BCUT2D eigenvalue weighted by atomic mass is 35.5. The van der Waals surface area contributed by atoms with E-state index in [0.29, 0.717) is 35.5 Å². The average molecular weight is 599 g/mol. The molecule has 0 spiro atoms. The predicted molar refractivity (Wildman–Crippen MR) is 154 cm³/mol. The smallest absolute Gasteiger partial charge is 0.267 e. The summed E-state index contributed by atoms with van der Waals surface area (Å²) in [5.41, 5.74) is 2.78. The van der Waals surface area contributed by atoms with Crippen LogP contribution in [0.25, 0.3) is 11.3 Å². The number of carbonyl (C=O) groups is 4. The maximum Gasteiger partial charge on any atom is 0.267 e. The Kier molecular flexibility index (Phi) is 9.81. The van der Waals surface area contributed by atoms with E-state index in [1.807, 2.05) is 0 Å². The maximum absolute atomic E-state index is 12.9. The lowest BCUT2D eigenvalue weighted by Crippen LogP contribution is -2.47. The van der Waals surface area contributed by atoms with Crippen molar-refractivity contribution in [1.29, 1.82) is 0 Å². The summed E-state index contributed by atoms with van der Waals surface area (Å²) in [7, 11) is 0. The SMILES string of the molecule is CC(=O)NC(CS)C(=O)NCc1ccc(C(=O)Nc2cnoc2-c2c[nH]c(C(=O)NCCc3c[nH]cn3)c2)cc1Cl. The first-order valence-corrected chi connectivity index (χ1v) is 13.4. The molecule has 0 radical (unpaired) electrons. The molecule has 4 rings (SSSR count). The van der Waals surface area contributed by atoms with Crippen LogP contribution >= 0.6 is 24.2 Å². The van der Waals surface area contributed by atoms with Gasteiger partial charge in [-0.3, -0.25) is 19.2 Å². The fourth-order valence-corrected chi connectivity index (χ4v) is 4.30. The molecule has 4 aromatic rings.